The van der Waals surface area contributed by atoms with Gasteiger partial charge in [-0.05, 0) is 58.4 Å². The Morgan fingerprint density at radius 3 is 2.00 bits per heavy atom. The first kappa shape index (κ1) is 20.9. The van der Waals surface area contributed by atoms with Gasteiger partial charge in [-0.3, -0.25) is 0 Å². The predicted octanol–water partition coefficient (Wildman–Crippen LogP) is 3.78. The Morgan fingerprint density at radius 2 is 1.43 bits per heavy atom. The van der Waals surface area contributed by atoms with Crippen LogP contribution in [0.5, 0.6) is 0 Å². The van der Waals surface area contributed by atoms with Crippen LogP contribution in [0.3, 0.4) is 0 Å². The van der Waals surface area contributed by atoms with Crippen LogP contribution in [0.25, 0.3) is 0 Å². The van der Waals surface area contributed by atoms with Gasteiger partial charge < -0.3 is 19.5 Å². The molecule has 0 amide bonds. The van der Waals surface area contributed by atoms with Crippen molar-refractivity contribution in [3.05, 3.63) is 0 Å². The van der Waals surface area contributed by atoms with Crippen LogP contribution in [0.1, 0.15) is 67.2 Å². The molecule has 0 aliphatic heterocycles. The third-order valence-electron chi connectivity index (χ3n) is 3.75. The summed E-state index contributed by atoms with van der Waals surface area (Å²) in [6.07, 6.45) is 5.17. The fourth-order valence-electron chi connectivity index (χ4n) is 2.38. The summed E-state index contributed by atoms with van der Waals surface area (Å²) in [7, 11) is 0. The highest BCUT2D eigenvalue weighted by Crippen LogP contribution is 2.26. The monoisotopic (exact) mass is 329 g/mol. The van der Waals surface area contributed by atoms with Crippen LogP contribution in [0.2, 0.25) is 0 Å². The van der Waals surface area contributed by atoms with Gasteiger partial charge in [-0.15, -0.1) is 0 Å². The molecule has 0 unspecified atom stereocenters. The number of nitrogens with one attached hydrogen (secondary N) is 1. The standard InChI is InChI=1S/C19H39NO3/c1-18(2,3)15-21-11-12-23-17-13-16(14-17)22-10-8-7-9-20-19(4,5)6/h16-17,20H,7-15H2,1-6H3. The lowest BCUT2D eigenvalue weighted by atomic mass is 9.92. The molecule has 23 heavy (non-hydrogen) atoms. The van der Waals surface area contributed by atoms with E-state index in [0.29, 0.717) is 25.4 Å². The maximum absolute atomic E-state index is 5.87. The highest BCUT2D eigenvalue weighted by molar-refractivity contribution is 4.81. The Balaban J connectivity index is 1.84. The molecule has 4 nitrogen and oxygen atoms in total. The van der Waals surface area contributed by atoms with Gasteiger partial charge in [0.1, 0.15) is 0 Å². The predicted molar refractivity (Wildman–Crippen MR) is 96.0 cm³/mol. The molecule has 0 spiro atoms. The van der Waals surface area contributed by atoms with Crippen LogP contribution in [0, 0.1) is 5.41 Å². The molecular weight excluding hydrogens is 290 g/mol. The Labute approximate surface area is 143 Å². The maximum atomic E-state index is 5.87. The van der Waals surface area contributed by atoms with Gasteiger partial charge in [0.15, 0.2) is 0 Å². The van der Waals surface area contributed by atoms with Crippen molar-refractivity contribution in [3.8, 4) is 0 Å². The van der Waals surface area contributed by atoms with Gasteiger partial charge in [-0.25, -0.2) is 0 Å². The van der Waals surface area contributed by atoms with Crippen LogP contribution in [-0.2, 0) is 14.2 Å². The average molecular weight is 330 g/mol. The zero-order chi connectivity index (χ0) is 17.3. The summed E-state index contributed by atoms with van der Waals surface area (Å²) in [6, 6.07) is 0. The largest absolute Gasteiger partial charge is 0.379 e. The zero-order valence-corrected chi connectivity index (χ0v) is 16.2. The van der Waals surface area contributed by atoms with E-state index in [1.54, 1.807) is 0 Å². The van der Waals surface area contributed by atoms with Crippen molar-refractivity contribution in [3.63, 3.8) is 0 Å². The minimum atomic E-state index is 0.218. The normalized spacial score (nSPS) is 22.2. The molecule has 1 N–H and O–H groups in total. The molecule has 0 radical (unpaired) electrons. The lowest BCUT2D eigenvalue weighted by Crippen LogP contribution is -2.38. The summed E-state index contributed by atoms with van der Waals surface area (Å²) in [5.74, 6) is 0. The fourth-order valence-corrected chi connectivity index (χ4v) is 2.38. The molecule has 4 heteroatoms. The molecule has 138 valence electrons. The third kappa shape index (κ3) is 11.9. The molecule has 1 aliphatic rings. The average Bonchev–Trinajstić information content (AvgIpc) is 2.35. The Bertz CT molecular complexity index is 301. The van der Waals surface area contributed by atoms with Gasteiger partial charge in [0.05, 0.1) is 32.0 Å². The topological polar surface area (TPSA) is 39.7 Å². The minimum Gasteiger partial charge on any atom is -0.379 e. The molecule has 0 bridgehead atoms. The summed E-state index contributed by atoms with van der Waals surface area (Å²) < 4.78 is 17.3. The van der Waals surface area contributed by atoms with Crippen molar-refractivity contribution in [2.45, 2.75) is 85.0 Å². The van der Waals surface area contributed by atoms with E-state index in [0.717, 1.165) is 39.0 Å². The molecule has 1 aliphatic carbocycles. The van der Waals surface area contributed by atoms with Crippen molar-refractivity contribution in [1.82, 2.24) is 5.32 Å². The number of ether oxygens (including phenoxy) is 3. The fraction of sp³-hybridized carbons (Fsp3) is 1.00. The summed E-state index contributed by atoms with van der Waals surface area (Å²) in [5, 5.41) is 3.50. The number of rotatable bonds is 11. The number of unbranched alkanes of at least 4 members (excludes halogenated alkanes) is 1. The van der Waals surface area contributed by atoms with Crippen molar-refractivity contribution in [1.29, 1.82) is 0 Å². The van der Waals surface area contributed by atoms with Crippen LogP contribution in [0.15, 0.2) is 0 Å². The molecule has 1 saturated carbocycles. The van der Waals surface area contributed by atoms with Gasteiger partial charge in [0.25, 0.3) is 0 Å². The molecule has 0 saturated heterocycles. The molecule has 0 atom stereocenters. The summed E-state index contributed by atoms with van der Waals surface area (Å²) in [5.41, 5.74) is 0.452. The lowest BCUT2D eigenvalue weighted by molar-refractivity contribution is -0.111. The van der Waals surface area contributed by atoms with E-state index in [1.807, 2.05) is 0 Å². The van der Waals surface area contributed by atoms with Crippen LogP contribution in [0.4, 0.5) is 0 Å². The van der Waals surface area contributed by atoms with Crippen molar-refractivity contribution < 1.29 is 14.2 Å². The third-order valence-corrected chi connectivity index (χ3v) is 3.75. The van der Waals surface area contributed by atoms with Crippen molar-refractivity contribution in [2.75, 3.05) is 33.0 Å². The van der Waals surface area contributed by atoms with Gasteiger partial charge in [-0.2, -0.15) is 0 Å². The SMILES string of the molecule is CC(C)(C)COCCOC1CC(OCCCCNC(C)(C)C)C1. The van der Waals surface area contributed by atoms with E-state index in [4.69, 9.17) is 14.2 Å². The first-order valence-corrected chi connectivity index (χ1v) is 9.22. The van der Waals surface area contributed by atoms with E-state index in [9.17, 15) is 0 Å². The number of hydrogen-bond acceptors (Lipinski definition) is 4. The van der Waals surface area contributed by atoms with Gasteiger partial charge >= 0.3 is 0 Å². The van der Waals surface area contributed by atoms with Crippen LogP contribution in [-0.4, -0.2) is 50.7 Å². The van der Waals surface area contributed by atoms with Crippen LogP contribution >= 0.6 is 0 Å². The minimum absolute atomic E-state index is 0.218. The molecule has 1 fully saturated rings. The van der Waals surface area contributed by atoms with Gasteiger partial charge in [-0.1, -0.05) is 20.8 Å². The second-order valence-electron chi connectivity index (χ2n) is 8.95. The van der Waals surface area contributed by atoms with Crippen molar-refractivity contribution in [2.24, 2.45) is 5.41 Å². The smallest absolute Gasteiger partial charge is 0.0704 e. The highest BCUT2D eigenvalue weighted by atomic mass is 16.5. The Morgan fingerprint density at radius 1 is 0.826 bits per heavy atom. The van der Waals surface area contributed by atoms with E-state index in [1.165, 1.54) is 6.42 Å². The second kappa shape index (κ2) is 9.97. The van der Waals surface area contributed by atoms with Crippen LogP contribution < -0.4 is 5.32 Å². The second-order valence-corrected chi connectivity index (χ2v) is 8.95. The first-order valence-electron chi connectivity index (χ1n) is 9.22. The van der Waals surface area contributed by atoms with Gasteiger partial charge in [0, 0.05) is 12.1 Å². The quantitative estimate of drug-likeness (QED) is 0.586. The Kier molecular flexibility index (Phi) is 9.06. The molecule has 0 heterocycles. The molecular formula is C19H39NO3. The van der Waals surface area contributed by atoms with E-state index < -0.39 is 0 Å². The number of hydrogen-bond donors (Lipinski definition) is 1. The van der Waals surface area contributed by atoms with E-state index in [2.05, 4.69) is 46.9 Å². The molecule has 0 aromatic heterocycles. The summed E-state index contributed by atoms with van der Waals surface area (Å²) in [6.45, 7) is 17.3. The molecule has 0 aromatic rings. The van der Waals surface area contributed by atoms with E-state index in [-0.39, 0.29) is 11.0 Å². The van der Waals surface area contributed by atoms with Crippen molar-refractivity contribution >= 4 is 0 Å². The summed E-state index contributed by atoms with van der Waals surface area (Å²) >= 11 is 0. The lowest BCUT2D eigenvalue weighted by Gasteiger charge is -2.35. The first-order chi connectivity index (χ1) is 10.7. The zero-order valence-electron chi connectivity index (χ0n) is 16.2. The summed E-state index contributed by atoms with van der Waals surface area (Å²) in [4.78, 5) is 0. The van der Waals surface area contributed by atoms with E-state index >= 15 is 0 Å². The van der Waals surface area contributed by atoms with Gasteiger partial charge in [0.2, 0.25) is 0 Å². The molecule has 1 rings (SSSR count). The Hall–Kier alpha value is -0.160. The maximum Gasteiger partial charge on any atom is 0.0704 e. The highest BCUT2D eigenvalue weighted by Gasteiger charge is 2.30. The molecule has 0 aromatic carbocycles.